The van der Waals surface area contributed by atoms with Crippen LogP contribution in [0.3, 0.4) is 0 Å². The molecule has 1 fully saturated rings. The molecule has 1 aromatic heterocycles. The zero-order valence-corrected chi connectivity index (χ0v) is 11.9. The number of aryl methyl sites for hydroxylation is 1. The summed E-state index contributed by atoms with van der Waals surface area (Å²) in [4.78, 5) is 7.77. The third-order valence-electron chi connectivity index (χ3n) is 3.29. The number of benzene rings is 1. The summed E-state index contributed by atoms with van der Waals surface area (Å²) >= 11 is 0. The van der Waals surface area contributed by atoms with Crippen LogP contribution in [0.5, 0.6) is 0 Å². The van der Waals surface area contributed by atoms with Crippen LogP contribution in [-0.4, -0.2) is 16.0 Å². The van der Waals surface area contributed by atoms with Crippen LogP contribution >= 0.6 is 0 Å². The molecule has 0 spiro atoms. The summed E-state index contributed by atoms with van der Waals surface area (Å²) < 4.78 is 39.0. The molecule has 22 heavy (non-hydrogen) atoms. The second-order valence-electron chi connectivity index (χ2n) is 5.37. The van der Waals surface area contributed by atoms with Gasteiger partial charge in [0.2, 0.25) is 5.95 Å². The quantitative estimate of drug-likeness (QED) is 0.892. The summed E-state index contributed by atoms with van der Waals surface area (Å²) in [5, 5.41) is 5.75. The Balaban J connectivity index is 1.88. The van der Waals surface area contributed by atoms with Gasteiger partial charge in [0.1, 0.15) is 11.4 Å². The monoisotopic (exact) mass is 308 g/mol. The van der Waals surface area contributed by atoms with Gasteiger partial charge >= 0.3 is 6.18 Å². The van der Waals surface area contributed by atoms with Crippen LogP contribution < -0.4 is 10.6 Å². The van der Waals surface area contributed by atoms with E-state index in [2.05, 4.69) is 20.6 Å². The second-order valence-corrected chi connectivity index (χ2v) is 5.37. The van der Waals surface area contributed by atoms with Gasteiger partial charge in [0.25, 0.3) is 0 Å². The molecule has 7 heteroatoms. The highest BCUT2D eigenvalue weighted by Gasteiger charge is 2.36. The lowest BCUT2D eigenvalue weighted by Gasteiger charge is -2.14. The number of nitrogens with zero attached hydrogens (tertiary/aromatic N) is 2. The summed E-state index contributed by atoms with van der Waals surface area (Å²) in [7, 11) is 0. The smallest absolute Gasteiger partial charge is 0.367 e. The molecule has 0 atom stereocenters. The minimum absolute atomic E-state index is 0.0721. The van der Waals surface area contributed by atoms with Crippen LogP contribution in [0.15, 0.2) is 30.5 Å². The number of rotatable bonds is 4. The van der Waals surface area contributed by atoms with Crippen molar-refractivity contribution in [1.29, 1.82) is 0 Å². The molecule has 2 N–H and O–H groups in total. The lowest BCUT2D eigenvalue weighted by Crippen LogP contribution is -2.15. The van der Waals surface area contributed by atoms with E-state index in [0.29, 0.717) is 0 Å². The Hall–Kier alpha value is -2.31. The summed E-state index contributed by atoms with van der Waals surface area (Å²) in [6.07, 6.45) is -1.93. The SMILES string of the molecule is Cc1cccc(Nc2ncc(C(F)(F)F)c(NC3CC3)n2)c1. The van der Waals surface area contributed by atoms with Gasteiger partial charge < -0.3 is 10.6 Å². The molecule has 0 radical (unpaired) electrons. The molecule has 4 nitrogen and oxygen atoms in total. The molecule has 0 amide bonds. The minimum atomic E-state index is -4.47. The summed E-state index contributed by atoms with van der Waals surface area (Å²) in [6, 6.07) is 7.53. The average molecular weight is 308 g/mol. The number of hydrogen-bond donors (Lipinski definition) is 2. The third-order valence-corrected chi connectivity index (χ3v) is 3.29. The van der Waals surface area contributed by atoms with Crippen LogP contribution in [0.2, 0.25) is 0 Å². The van der Waals surface area contributed by atoms with Crippen molar-refractivity contribution in [2.75, 3.05) is 10.6 Å². The molecule has 1 saturated carbocycles. The van der Waals surface area contributed by atoms with E-state index in [4.69, 9.17) is 0 Å². The molecule has 1 aromatic carbocycles. The topological polar surface area (TPSA) is 49.8 Å². The highest BCUT2D eigenvalue weighted by molar-refractivity contribution is 5.57. The molecular formula is C15H15F3N4. The number of nitrogens with one attached hydrogen (secondary N) is 2. The normalized spacial score (nSPS) is 14.7. The average Bonchev–Trinajstić information content (AvgIpc) is 3.21. The molecule has 2 aromatic rings. The van der Waals surface area contributed by atoms with E-state index in [1.807, 2.05) is 31.2 Å². The zero-order chi connectivity index (χ0) is 15.7. The molecule has 0 bridgehead atoms. The first kappa shape index (κ1) is 14.6. The van der Waals surface area contributed by atoms with Gasteiger partial charge in [-0.2, -0.15) is 18.2 Å². The van der Waals surface area contributed by atoms with Crippen molar-refractivity contribution < 1.29 is 13.2 Å². The predicted molar refractivity (Wildman–Crippen MR) is 78.1 cm³/mol. The molecule has 1 aliphatic carbocycles. The summed E-state index contributed by atoms with van der Waals surface area (Å²) in [5.74, 6) is -0.0260. The van der Waals surface area contributed by atoms with Crippen molar-refractivity contribution in [3.05, 3.63) is 41.6 Å². The Kier molecular flexibility index (Phi) is 3.64. The first-order valence-corrected chi connectivity index (χ1v) is 6.96. The molecule has 1 heterocycles. The lowest BCUT2D eigenvalue weighted by molar-refractivity contribution is -0.137. The van der Waals surface area contributed by atoms with E-state index in [-0.39, 0.29) is 17.8 Å². The Morgan fingerprint density at radius 3 is 2.64 bits per heavy atom. The highest BCUT2D eigenvalue weighted by atomic mass is 19.4. The first-order valence-electron chi connectivity index (χ1n) is 6.96. The van der Waals surface area contributed by atoms with Gasteiger partial charge in [-0.1, -0.05) is 12.1 Å². The second kappa shape index (κ2) is 5.47. The van der Waals surface area contributed by atoms with Gasteiger partial charge in [0.15, 0.2) is 0 Å². The number of anilines is 3. The standard InChI is InChI=1S/C15H15F3N4/c1-9-3-2-4-11(7-9)21-14-19-8-12(15(16,17)18)13(22-14)20-10-5-6-10/h2-4,7-8,10H,5-6H2,1H3,(H2,19,20,21,22). The minimum Gasteiger partial charge on any atom is -0.367 e. The van der Waals surface area contributed by atoms with E-state index in [1.54, 1.807) is 0 Å². The van der Waals surface area contributed by atoms with Crippen LogP contribution in [0, 0.1) is 6.92 Å². The maximum atomic E-state index is 13.0. The van der Waals surface area contributed by atoms with Crippen LogP contribution in [0.4, 0.5) is 30.6 Å². The largest absolute Gasteiger partial charge is 0.421 e. The Labute approximate surface area is 125 Å². The van der Waals surface area contributed by atoms with Crippen LogP contribution in [-0.2, 0) is 6.18 Å². The molecule has 0 saturated heterocycles. The molecule has 0 aliphatic heterocycles. The van der Waals surface area contributed by atoms with Crippen molar-refractivity contribution in [1.82, 2.24) is 9.97 Å². The summed E-state index contributed by atoms with van der Waals surface area (Å²) in [6.45, 7) is 1.93. The van der Waals surface area contributed by atoms with Gasteiger partial charge in [0.05, 0.1) is 0 Å². The lowest BCUT2D eigenvalue weighted by atomic mass is 10.2. The van der Waals surface area contributed by atoms with E-state index in [9.17, 15) is 13.2 Å². The Morgan fingerprint density at radius 2 is 2.00 bits per heavy atom. The molecule has 116 valence electrons. The van der Waals surface area contributed by atoms with Crippen molar-refractivity contribution in [3.8, 4) is 0 Å². The van der Waals surface area contributed by atoms with Gasteiger partial charge in [-0.15, -0.1) is 0 Å². The molecule has 1 aliphatic rings. The van der Waals surface area contributed by atoms with Gasteiger partial charge in [0, 0.05) is 17.9 Å². The maximum Gasteiger partial charge on any atom is 0.421 e. The van der Waals surface area contributed by atoms with Crippen molar-refractivity contribution >= 4 is 17.5 Å². The number of aromatic nitrogens is 2. The predicted octanol–water partition coefficient (Wildman–Crippen LogP) is 4.12. The van der Waals surface area contributed by atoms with E-state index in [1.165, 1.54) is 0 Å². The van der Waals surface area contributed by atoms with E-state index < -0.39 is 11.7 Å². The Morgan fingerprint density at radius 1 is 1.23 bits per heavy atom. The van der Waals surface area contributed by atoms with Crippen molar-refractivity contribution in [3.63, 3.8) is 0 Å². The number of halogens is 3. The third kappa shape index (κ3) is 3.47. The van der Waals surface area contributed by atoms with E-state index in [0.717, 1.165) is 30.3 Å². The van der Waals surface area contributed by atoms with Crippen LogP contribution in [0.25, 0.3) is 0 Å². The molecular weight excluding hydrogens is 293 g/mol. The van der Waals surface area contributed by atoms with Gasteiger partial charge in [-0.05, 0) is 37.5 Å². The van der Waals surface area contributed by atoms with E-state index >= 15 is 0 Å². The van der Waals surface area contributed by atoms with Crippen LogP contribution in [0.1, 0.15) is 24.0 Å². The maximum absolute atomic E-state index is 13.0. The fraction of sp³-hybridized carbons (Fsp3) is 0.333. The van der Waals surface area contributed by atoms with Gasteiger partial charge in [-0.3, -0.25) is 0 Å². The van der Waals surface area contributed by atoms with Gasteiger partial charge in [-0.25, -0.2) is 4.98 Å². The zero-order valence-electron chi connectivity index (χ0n) is 11.9. The van der Waals surface area contributed by atoms with Crippen molar-refractivity contribution in [2.45, 2.75) is 32.0 Å². The highest BCUT2D eigenvalue weighted by Crippen LogP contribution is 2.36. The first-order chi connectivity index (χ1) is 10.4. The fourth-order valence-corrected chi connectivity index (χ4v) is 2.03. The fourth-order valence-electron chi connectivity index (χ4n) is 2.03. The number of hydrogen-bond acceptors (Lipinski definition) is 4. The number of alkyl halides is 3. The molecule has 0 unspecified atom stereocenters. The Bertz CT molecular complexity index is 681. The molecule has 3 rings (SSSR count). The summed E-state index contributed by atoms with van der Waals surface area (Å²) in [5.41, 5.74) is 0.930. The van der Waals surface area contributed by atoms with Crippen molar-refractivity contribution in [2.24, 2.45) is 0 Å².